The number of halogens is 1. The number of carboxylic acid groups (broad SMARTS) is 1. The summed E-state index contributed by atoms with van der Waals surface area (Å²) in [6.45, 7) is 3.49. The fraction of sp³-hybridized carbons (Fsp3) is 0.235. The van der Waals surface area contributed by atoms with Crippen LogP contribution in [-0.4, -0.2) is 22.7 Å². The zero-order chi connectivity index (χ0) is 17.7. The minimum absolute atomic E-state index is 0.00587. The van der Waals surface area contributed by atoms with Crippen LogP contribution in [0.3, 0.4) is 0 Å². The molecule has 1 aromatic heterocycles. The molecule has 0 saturated heterocycles. The molecule has 7 heteroatoms. The van der Waals surface area contributed by atoms with Crippen LogP contribution in [-0.2, 0) is 11.2 Å². The highest BCUT2D eigenvalue weighted by Gasteiger charge is 2.12. The summed E-state index contributed by atoms with van der Waals surface area (Å²) in [5.74, 6) is -0.0665. The molecule has 0 fully saturated rings. The van der Waals surface area contributed by atoms with Crippen LogP contribution >= 0.6 is 11.6 Å². The van der Waals surface area contributed by atoms with Gasteiger partial charge in [-0.2, -0.15) is 5.10 Å². The van der Waals surface area contributed by atoms with Crippen molar-refractivity contribution in [2.24, 2.45) is 5.10 Å². The molecular weight excluding hydrogens is 332 g/mol. The van der Waals surface area contributed by atoms with Gasteiger partial charge in [0.1, 0.15) is 11.5 Å². The number of benzene rings is 1. The van der Waals surface area contributed by atoms with E-state index in [4.69, 9.17) is 21.1 Å². The molecule has 0 aliphatic heterocycles. The van der Waals surface area contributed by atoms with Crippen LogP contribution < -0.4 is 5.43 Å². The molecule has 0 unspecified atom stereocenters. The first kappa shape index (κ1) is 17.7. The Kier molecular flexibility index (Phi) is 5.76. The van der Waals surface area contributed by atoms with Crippen molar-refractivity contribution in [1.29, 1.82) is 0 Å². The lowest BCUT2D eigenvalue weighted by Crippen LogP contribution is -2.19. The normalized spacial score (nSPS) is 11.4. The average Bonchev–Trinajstić information content (AvgIpc) is 2.91. The molecule has 0 atom stereocenters. The maximum atomic E-state index is 12.0. The number of carbonyl (C=O) groups is 2. The van der Waals surface area contributed by atoms with Crippen molar-refractivity contribution in [3.63, 3.8) is 0 Å². The van der Waals surface area contributed by atoms with Gasteiger partial charge < -0.3 is 9.52 Å². The monoisotopic (exact) mass is 348 g/mol. The van der Waals surface area contributed by atoms with Crippen LogP contribution in [0.2, 0.25) is 5.02 Å². The second-order valence-corrected chi connectivity index (χ2v) is 5.66. The van der Waals surface area contributed by atoms with Gasteiger partial charge >= 0.3 is 5.97 Å². The van der Waals surface area contributed by atoms with Crippen LogP contribution in [0.1, 0.15) is 40.8 Å². The standard InChI is InChI=1S/C17H17ClN2O4/c1-10(15-9-14(24-11(15)2)6-7-16(21)22)19-20-17(23)12-4-3-5-13(18)8-12/h3-5,8-9H,6-7H2,1-2H3,(H,20,23)(H,21,22)/b19-10-. The van der Waals surface area contributed by atoms with E-state index >= 15 is 0 Å². The third kappa shape index (κ3) is 4.70. The Morgan fingerprint density at radius 3 is 2.75 bits per heavy atom. The number of rotatable bonds is 6. The van der Waals surface area contributed by atoms with Crippen LogP contribution in [0.25, 0.3) is 0 Å². The average molecular weight is 349 g/mol. The van der Waals surface area contributed by atoms with Crippen molar-refractivity contribution in [3.05, 3.63) is 58.0 Å². The Morgan fingerprint density at radius 2 is 2.08 bits per heavy atom. The molecule has 1 aromatic carbocycles. The fourth-order valence-corrected chi connectivity index (χ4v) is 2.34. The number of carbonyl (C=O) groups excluding carboxylic acids is 1. The Bertz CT molecular complexity index is 796. The predicted octanol–water partition coefficient (Wildman–Crippen LogP) is 3.41. The molecule has 0 aliphatic rings. The molecule has 1 heterocycles. The van der Waals surface area contributed by atoms with Gasteiger partial charge in [0.05, 0.1) is 12.1 Å². The number of aryl methyl sites for hydroxylation is 2. The molecule has 0 saturated carbocycles. The first-order chi connectivity index (χ1) is 11.4. The summed E-state index contributed by atoms with van der Waals surface area (Å²) < 4.78 is 5.52. The van der Waals surface area contributed by atoms with Crippen molar-refractivity contribution in [2.45, 2.75) is 26.7 Å². The number of nitrogens with one attached hydrogen (secondary N) is 1. The Morgan fingerprint density at radius 1 is 1.33 bits per heavy atom. The molecule has 24 heavy (non-hydrogen) atoms. The maximum Gasteiger partial charge on any atom is 0.303 e. The highest BCUT2D eigenvalue weighted by atomic mass is 35.5. The summed E-state index contributed by atoms with van der Waals surface area (Å²) in [6.07, 6.45) is 0.298. The van der Waals surface area contributed by atoms with Gasteiger partial charge in [-0.15, -0.1) is 0 Å². The zero-order valence-corrected chi connectivity index (χ0v) is 14.1. The van der Waals surface area contributed by atoms with Gasteiger partial charge in [-0.05, 0) is 38.1 Å². The lowest BCUT2D eigenvalue weighted by atomic mass is 10.1. The Labute approximate surface area is 144 Å². The van der Waals surface area contributed by atoms with E-state index in [9.17, 15) is 9.59 Å². The number of nitrogens with zero attached hydrogens (tertiary/aromatic N) is 1. The van der Waals surface area contributed by atoms with E-state index in [2.05, 4.69) is 10.5 Å². The SMILES string of the molecule is C/C(=N/NC(=O)c1cccc(Cl)c1)c1cc(CCC(=O)O)oc1C. The minimum atomic E-state index is -0.884. The van der Waals surface area contributed by atoms with Crippen LogP contribution in [0.15, 0.2) is 39.9 Å². The third-order valence-corrected chi connectivity index (χ3v) is 3.59. The topological polar surface area (TPSA) is 91.9 Å². The predicted molar refractivity (Wildman–Crippen MR) is 90.5 cm³/mol. The van der Waals surface area contributed by atoms with Crippen LogP contribution in [0.5, 0.6) is 0 Å². The van der Waals surface area contributed by atoms with Gasteiger partial charge in [0, 0.05) is 22.6 Å². The van der Waals surface area contributed by atoms with Gasteiger partial charge in [0.25, 0.3) is 5.91 Å². The summed E-state index contributed by atoms with van der Waals surface area (Å²) in [5.41, 5.74) is 4.16. The van der Waals surface area contributed by atoms with E-state index in [-0.39, 0.29) is 12.3 Å². The van der Waals surface area contributed by atoms with Gasteiger partial charge in [-0.1, -0.05) is 17.7 Å². The van der Waals surface area contributed by atoms with E-state index in [0.29, 0.717) is 34.2 Å². The first-order valence-electron chi connectivity index (χ1n) is 7.28. The smallest absolute Gasteiger partial charge is 0.303 e. The summed E-state index contributed by atoms with van der Waals surface area (Å²) >= 11 is 5.85. The lowest BCUT2D eigenvalue weighted by molar-refractivity contribution is -0.137. The molecule has 0 radical (unpaired) electrons. The van der Waals surface area contributed by atoms with E-state index in [1.807, 2.05) is 0 Å². The van der Waals surface area contributed by atoms with Gasteiger partial charge in [0.15, 0.2) is 0 Å². The highest BCUT2D eigenvalue weighted by Crippen LogP contribution is 2.17. The molecule has 2 rings (SSSR count). The lowest BCUT2D eigenvalue weighted by Gasteiger charge is -2.02. The molecule has 6 nitrogen and oxygen atoms in total. The molecular formula is C17H17ClN2O4. The molecule has 0 aliphatic carbocycles. The molecule has 2 aromatic rings. The maximum absolute atomic E-state index is 12.0. The van der Waals surface area contributed by atoms with Crippen LogP contribution in [0.4, 0.5) is 0 Å². The minimum Gasteiger partial charge on any atom is -0.481 e. The van der Waals surface area contributed by atoms with Crippen molar-refractivity contribution in [1.82, 2.24) is 5.43 Å². The van der Waals surface area contributed by atoms with E-state index < -0.39 is 5.97 Å². The molecule has 0 spiro atoms. The quantitative estimate of drug-likeness (QED) is 0.618. The molecule has 0 bridgehead atoms. The van der Waals surface area contributed by atoms with Crippen molar-refractivity contribution in [2.75, 3.05) is 0 Å². The summed E-state index contributed by atoms with van der Waals surface area (Å²) in [5, 5.41) is 13.2. The molecule has 2 N–H and O–H groups in total. The van der Waals surface area contributed by atoms with Gasteiger partial charge in [0.2, 0.25) is 0 Å². The second kappa shape index (κ2) is 7.79. The van der Waals surface area contributed by atoms with Gasteiger partial charge in [-0.25, -0.2) is 5.43 Å². The highest BCUT2D eigenvalue weighted by molar-refractivity contribution is 6.30. The number of hydrogen-bond donors (Lipinski definition) is 2. The number of carboxylic acids is 1. The van der Waals surface area contributed by atoms with E-state index in [0.717, 1.165) is 5.56 Å². The second-order valence-electron chi connectivity index (χ2n) is 5.22. The largest absolute Gasteiger partial charge is 0.481 e. The number of aliphatic carboxylic acids is 1. The zero-order valence-electron chi connectivity index (χ0n) is 13.3. The number of hydrogen-bond acceptors (Lipinski definition) is 4. The Balaban J connectivity index is 2.07. The summed E-state index contributed by atoms with van der Waals surface area (Å²) in [7, 11) is 0. The van der Waals surface area contributed by atoms with Crippen molar-refractivity contribution >= 4 is 29.2 Å². The van der Waals surface area contributed by atoms with E-state index in [1.54, 1.807) is 44.2 Å². The van der Waals surface area contributed by atoms with E-state index in [1.165, 1.54) is 0 Å². The molecule has 126 valence electrons. The first-order valence-corrected chi connectivity index (χ1v) is 7.66. The van der Waals surface area contributed by atoms with Crippen LogP contribution in [0, 0.1) is 6.92 Å². The fourth-order valence-electron chi connectivity index (χ4n) is 2.15. The molecule has 1 amide bonds. The summed E-state index contributed by atoms with van der Waals surface area (Å²) in [6, 6.07) is 8.29. The summed E-state index contributed by atoms with van der Waals surface area (Å²) in [4.78, 5) is 22.6. The third-order valence-electron chi connectivity index (χ3n) is 3.36. The Hall–Kier alpha value is -2.60. The number of amides is 1. The van der Waals surface area contributed by atoms with Crippen molar-refractivity contribution in [3.8, 4) is 0 Å². The van der Waals surface area contributed by atoms with Gasteiger partial charge in [-0.3, -0.25) is 9.59 Å². The number of hydrazone groups is 1. The van der Waals surface area contributed by atoms with Crippen molar-refractivity contribution < 1.29 is 19.1 Å². The number of furan rings is 1.